The molecule has 1 fully saturated rings. The monoisotopic (exact) mass is 293 g/mol. The second-order valence-electron chi connectivity index (χ2n) is 4.20. The fourth-order valence-corrected chi connectivity index (χ4v) is 2.30. The van der Waals surface area contributed by atoms with Crippen LogP contribution in [-0.2, 0) is 6.54 Å². The molecule has 3 rings (SSSR count). The van der Waals surface area contributed by atoms with E-state index in [1.807, 2.05) is 29.2 Å². The van der Waals surface area contributed by atoms with Crippen LogP contribution >= 0.6 is 15.9 Å². The van der Waals surface area contributed by atoms with Crippen molar-refractivity contribution in [1.29, 1.82) is 0 Å². The van der Waals surface area contributed by atoms with Crippen molar-refractivity contribution >= 4 is 15.9 Å². The van der Waals surface area contributed by atoms with Crippen LogP contribution in [-0.4, -0.2) is 38.0 Å². The number of hydrogen-bond acceptors (Lipinski definition) is 4. The Morgan fingerprint density at radius 1 is 1.41 bits per heavy atom. The van der Waals surface area contributed by atoms with Crippen molar-refractivity contribution in [3.63, 3.8) is 0 Å². The van der Waals surface area contributed by atoms with E-state index in [-0.39, 0.29) is 0 Å². The largest absolute Gasteiger partial charge is 0.293 e. The molecule has 3 heterocycles. The van der Waals surface area contributed by atoms with Gasteiger partial charge in [-0.25, -0.2) is 0 Å². The average molecular weight is 294 g/mol. The molecule has 0 atom stereocenters. The summed E-state index contributed by atoms with van der Waals surface area (Å²) < 4.78 is 3.04. The van der Waals surface area contributed by atoms with Gasteiger partial charge in [0.15, 0.2) is 0 Å². The highest BCUT2D eigenvalue weighted by Crippen LogP contribution is 2.23. The fourth-order valence-electron chi connectivity index (χ4n) is 2.00. The van der Waals surface area contributed by atoms with Crippen LogP contribution in [0.15, 0.2) is 35.2 Å². The number of rotatable bonds is 3. The van der Waals surface area contributed by atoms with E-state index in [4.69, 9.17) is 0 Å². The normalized spacial score (nSPS) is 17.0. The number of halogens is 1. The summed E-state index contributed by atoms with van der Waals surface area (Å²) in [5, 5.41) is 12.3. The maximum atomic E-state index is 4.29. The molecule has 5 nitrogen and oxygen atoms in total. The van der Waals surface area contributed by atoms with Gasteiger partial charge < -0.3 is 0 Å². The Morgan fingerprint density at radius 2 is 2.29 bits per heavy atom. The van der Waals surface area contributed by atoms with Crippen molar-refractivity contribution in [3.05, 3.63) is 40.9 Å². The summed E-state index contributed by atoms with van der Waals surface area (Å²) in [4.78, 5) is 2.34. The van der Waals surface area contributed by atoms with Gasteiger partial charge in [-0.1, -0.05) is 0 Å². The number of likely N-dealkylation sites (tertiary alicyclic amines) is 1. The third-order valence-electron chi connectivity index (χ3n) is 2.90. The molecular formula is C11H12BrN5. The van der Waals surface area contributed by atoms with Gasteiger partial charge in [-0.15, -0.1) is 0 Å². The average Bonchev–Trinajstić information content (AvgIpc) is 2.71. The molecular weight excluding hydrogens is 282 g/mol. The summed E-state index contributed by atoms with van der Waals surface area (Å²) in [5.74, 6) is 0. The summed E-state index contributed by atoms with van der Waals surface area (Å²) >= 11 is 3.41. The molecule has 2 aromatic heterocycles. The molecule has 0 aromatic carbocycles. The molecule has 0 unspecified atom stereocenters. The lowest BCUT2D eigenvalue weighted by Crippen LogP contribution is -2.47. The van der Waals surface area contributed by atoms with E-state index >= 15 is 0 Å². The lowest BCUT2D eigenvalue weighted by Gasteiger charge is -2.38. The van der Waals surface area contributed by atoms with Crippen LogP contribution in [0.5, 0.6) is 0 Å². The summed E-state index contributed by atoms with van der Waals surface area (Å²) in [7, 11) is 0. The van der Waals surface area contributed by atoms with E-state index in [0.29, 0.717) is 6.04 Å². The van der Waals surface area contributed by atoms with Crippen LogP contribution in [0, 0.1) is 0 Å². The number of hydrogen-bond donors (Lipinski definition) is 0. The van der Waals surface area contributed by atoms with Gasteiger partial charge in [0.05, 0.1) is 22.4 Å². The van der Waals surface area contributed by atoms with Crippen LogP contribution < -0.4 is 0 Å². The van der Waals surface area contributed by atoms with Crippen molar-refractivity contribution in [2.45, 2.75) is 12.6 Å². The van der Waals surface area contributed by atoms with Gasteiger partial charge in [0, 0.05) is 32.0 Å². The molecule has 0 saturated carbocycles. The van der Waals surface area contributed by atoms with Crippen LogP contribution in [0.3, 0.4) is 0 Å². The van der Waals surface area contributed by atoms with Crippen LogP contribution in [0.4, 0.5) is 0 Å². The molecule has 1 saturated heterocycles. The Balaban J connectivity index is 1.55. The summed E-state index contributed by atoms with van der Waals surface area (Å²) in [6.45, 7) is 2.90. The Hall–Kier alpha value is -1.27. The van der Waals surface area contributed by atoms with E-state index in [1.165, 1.54) is 0 Å². The van der Waals surface area contributed by atoms with Gasteiger partial charge >= 0.3 is 0 Å². The maximum absolute atomic E-state index is 4.29. The van der Waals surface area contributed by atoms with Gasteiger partial charge in [0.25, 0.3) is 0 Å². The minimum Gasteiger partial charge on any atom is -0.293 e. The molecule has 0 amide bonds. The third kappa shape index (κ3) is 2.37. The molecule has 88 valence electrons. The third-order valence-corrected chi connectivity index (χ3v) is 3.30. The SMILES string of the molecule is Brc1cnn(C2CN(Cc3cccnn3)C2)c1. The zero-order valence-corrected chi connectivity index (χ0v) is 10.8. The van der Waals surface area contributed by atoms with Crippen LogP contribution in [0.25, 0.3) is 0 Å². The van der Waals surface area contributed by atoms with Gasteiger partial charge in [-0.3, -0.25) is 9.58 Å². The minimum atomic E-state index is 0.484. The number of aromatic nitrogens is 4. The number of nitrogens with zero attached hydrogens (tertiary/aromatic N) is 5. The van der Waals surface area contributed by atoms with E-state index in [0.717, 1.165) is 29.8 Å². The molecule has 0 spiro atoms. The first kappa shape index (κ1) is 10.9. The zero-order chi connectivity index (χ0) is 11.7. The van der Waals surface area contributed by atoms with E-state index < -0.39 is 0 Å². The molecule has 0 bridgehead atoms. The summed E-state index contributed by atoms with van der Waals surface area (Å²) in [5.41, 5.74) is 1.02. The standard InChI is InChI=1S/C11H12BrN5/c12-9-4-14-17(5-9)11-7-16(8-11)6-10-2-1-3-13-15-10/h1-5,11H,6-8H2. The van der Waals surface area contributed by atoms with Crippen molar-refractivity contribution in [2.24, 2.45) is 0 Å². The Kier molecular flexibility index (Phi) is 2.90. The first-order valence-electron chi connectivity index (χ1n) is 5.50. The summed E-state index contributed by atoms with van der Waals surface area (Å²) in [6, 6.07) is 4.41. The van der Waals surface area contributed by atoms with Crippen molar-refractivity contribution < 1.29 is 0 Å². The molecule has 1 aliphatic rings. The Morgan fingerprint density at radius 3 is 2.94 bits per heavy atom. The minimum absolute atomic E-state index is 0.484. The van der Waals surface area contributed by atoms with Crippen LogP contribution in [0.1, 0.15) is 11.7 Å². The summed E-state index contributed by atoms with van der Waals surface area (Å²) in [6.07, 6.45) is 5.54. The van der Waals surface area contributed by atoms with Gasteiger partial charge in [0.2, 0.25) is 0 Å². The molecule has 0 radical (unpaired) electrons. The predicted molar refractivity (Wildman–Crippen MR) is 66.3 cm³/mol. The molecule has 0 N–H and O–H groups in total. The van der Waals surface area contributed by atoms with Crippen LogP contribution in [0.2, 0.25) is 0 Å². The highest BCUT2D eigenvalue weighted by atomic mass is 79.9. The first-order chi connectivity index (χ1) is 8.31. The molecule has 1 aliphatic heterocycles. The maximum Gasteiger partial charge on any atom is 0.0773 e. The fraction of sp³-hybridized carbons (Fsp3) is 0.364. The van der Waals surface area contributed by atoms with Gasteiger partial charge in [-0.05, 0) is 28.1 Å². The molecule has 2 aromatic rings. The second kappa shape index (κ2) is 4.54. The van der Waals surface area contributed by atoms with Gasteiger partial charge in [-0.2, -0.15) is 15.3 Å². The van der Waals surface area contributed by atoms with E-state index in [1.54, 1.807) is 6.20 Å². The second-order valence-corrected chi connectivity index (χ2v) is 5.12. The van der Waals surface area contributed by atoms with E-state index in [2.05, 4.69) is 36.1 Å². The highest BCUT2D eigenvalue weighted by Gasteiger charge is 2.28. The smallest absolute Gasteiger partial charge is 0.0773 e. The lowest BCUT2D eigenvalue weighted by atomic mass is 10.1. The molecule has 6 heteroatoms. The molecule has 17 heavy (non-hydrogen) atoms. The lowest BCUT2D eigenvalue weighted by molar-refractivity contribution is 0.0892. The Bertz CT molecular complexity index is 492. The predicted octanol–water partition coefficient (Wildman–Crippen LogP) is 1.49. The van der Waals surface area contributed by atoms with Crippen molar-refractivity contribution in [1.82, 2.24) is 24.9 Å². The van der Waals surface area contributed by atoms with Gasteiger partial charge in [0.1, 0.15) is 0 Å². The zero-order valence-electron chi connectivity index (χ0n) is 9.20. The van der Waals surface area contributed by atoms with E-state index in [9.17, 15) is 0 Å². The van der Waals surface area contributed by atoms with Crippen molar-refractivity contribution in [2.75, 3.05) is 13.1 Å². The first-order valence-corrected chi connectivity index (χ1v) is 6.29. The van der Waals surface area contributed by atoms with Crippen molar-refractivity contribution in [3.8, 4) is 0 Å². The highest BCUT2D eigenvalue weighted by molar-refractivity contribution is 9.10. The molecule has 0 aliphatic carbocycles. The Labute approximate surface area is 108 Å². The topological polar surface area (TPSA) is 46.8 Å². The quantitative estimate of drug-likeness (QED) is 0.860.